The van der Waals surface area contributed by atoms with E-state index < -0.39 is 0 Å². The Hall–Kier alpha value is -1.87. The van der Waals surface area contributed by atoms with Crippen LogP contribution in [0, 0.1) is 6.92 Å². The Kier molecular flexibility index (Phi) is 2.56. The molecule has 1 aliphatic rings. The zero-order valence-electron chi connectivity index (χ0n) is 10.4. The van der Waals surface area contributed by atoms with E-state index in [0.717, 1.165) is 17.5 Å². The molecule has 3 rings (SSSR count). The zero-order valence-corrected chi connectivity index (χ0v) is 10.4. The molecule has 18 heavy (non-hydrogen) atoms. The average molecular weight is 239 g/mol. The second-order valence-electron chi connectivity index (χ2n) is 4.96. The van der Waals surface area contributed by atoms with E-state index in [-0.39, 0.29) is 6.04 Å². The molecule has 2 atom stereocenters. The molecule has 3 heteroatoms. The van der Waals surface area contributed by atoms with Gasteiger partial charge in [-0.2, -0.15) is 0 Å². The molecule has 0 radical (unpaired) electrons. The highest BCUT2D eigenvalue weighted by Gasteiger charge is 2.33. The summed E-state index contributed by atoms with van der Waals surface area (Å²) >= 11 is 0. The molecule has 0 saturated heterocycles. The van der Waals surface area contributed by atoms with Gasteiger partial charge in [-0.1, -0.05) is 24.3 Å². The summed E-state index contributed by atoms with van der Waals surface area (Å²) in [4.78, 5) is 4.16. The zero-order chi connectivity index (χ0) is 12.7. The van der Waals surface area contributed by atoms with Crippen molar-refractivity contribution in [1.29, 1.82) is 0 Å². The topological polar surface area (TPSA) is 64.9 Å². The normalized spacial score (nSPS) is 18.9. The van der Waals surface area contributed by atoms with Gasteiger partial charge >= 0.3 is 0 Å². The van der Waals surface area contributed by atoms with Gasteiger partial charge < -0.3 is 11.5 Å². The van der Waals surface area contributed by atoms with Crippen molar-refractivity contribution in [3.8, 4) is 0 Å². The van der Waals surface area contributed by atoms with E-state index in [2.05, 4.69) is 29.2 Å². The SMILES string of the molecule is Cc1ccnc(N)c1C(N)C1Cc2ccccc21. The third-order valence-electron chi connectivity index (χ3n) is 3.90. The molecule has 2 aromatic rings. The van der Waals surface area contributed by atoms with Gasteiger partial charge in [-0.3, -0.25) is 0 Å². The van der Waals surface area contributed by atoms with Crippen molar-refractivity contribution in [2.75, 3.05) is 5.73 Å². The lowest BCUT2D eigenvalue weighted by molar-refractivity contribution is 0.498. The lowest BCUT2D eigenvalue weighted by atomic mass is 9.71. The molecule has 4 N–H and O–H groups in total. The Morgan fingerprint density at radius 2 is 2.06 bits per heavy atom. The number of benzene rings is 1. The molecule has 0 aliphatic heterocycles. The largest absolute Gasteiger partial charge is 0.383 e. The highest BCUT2D eigenvalue weighted by atomic mass is 14.8. The van der Waals surface area contributed by atoms with Crippen LogP contribution < -0.4 is 11.5 Å². The van der Waals surface area contributed by atoms with Gasteiger partial charge in [-0.25, -0.2) is 4.98 Å². The maximum atomic E-state index is 6.40. The van der Waals surface area contributed by atoms with Crippen molar-refractivity contribution in [1.82, 2.24) is 4.98 Å². The number of hydrogen-bond donors (Lipinski definition) is 2. The molecule has 0 saturated carbocycles. The summed E-state index contributed by atoms with van der Waals surface area (Å²) < 4.78 is 0. The van der Waals surface area contributed by atoms with Crippen LogP contribution in [0.3, 0.4) is 0 Å². The van der Waals surface area contributed by atoms with Crippen LogP contribution in [0.5, 0.6) is 0 Å². The molecule has 0 bridgehead atoms. The fourth-order valence-corrected chi connectivity index (χ4v) is 2.84. The first-order valence-electron chi connectivity index (χ1n) is 6.23. The summed E-state index contributed by atoms with van der Waals surface area (Å²) in [5.41, 5.74) is 17.2. The van der Waals surface area contributed by atoms with Crippen molar-refractivity contribution in [2.45, 2.75) is 25.3 Å². The minimum absolute atomic E-state index is 0.0615. The van der Waals surface area contributed by atoms with Crippen LogP contribution in [0.4, 0.5) is 5.82 Å². The fourth-order valence-electron chi connectivity index (χ4n) is 2.84. The number of rotatable bonds is 2. The van der Waals surface area contributed by atoms with Crippen molar-refractivity contribution in [2.24, 2.45) is 5.73 Å². The molecule has 1 aromatic heterocycles. The van der Waals surface area contributed by atoms with Crippen LogP contribution in [-0.4, -0.2) is 4.98 Å². The number of fused-ring (bicyclic) bond motifs is 1. The Morgan fingerprint density at radius 1 is 1.28 bits per heavy atom. The van der Waals surface area contributed by atoms with E-state index in [1.165, 1.54) is 11.1 Å². The van der Waals surface area contributed by atoms with Crippen LogP contribution in [0.15, 0.2) is 36.5 Å². The third kappa shape index (κ3) is 1.59. The second-order valence-corrected chi connectivity index (χ2v) is 4.96. The molecule has 2 unspecified atom stereocenters. The summed E-state index contributed by atoms with van der Waals surface area (Å²) in [6, 6.07) is 10.4. The van der Waals surface area contributed by atoms with Crippen LogP contribution in [-0.2, 0) is 6.42 Å². The molecular formula is C15H17N3. The molecule has 1 heterocycles. The standard InChI is InChI=1S/C15H17N3/c1-9-6-7-18-15(17)13(9)14(16)12-8-10-4-2-3-5-11(10)12/h2-7,12,14H,8,16H2,1H3,(H2,17,18). The molecule has 1 aliphatic carbocycles. The summed E-state index contributed by atoms with van der Waals surface area (Å²) in [7, 11) is 0. The smallest absolute Gasteiger partial charge is 0.128 e. The number of aromatic nitrogens is 1. The highest BCUT2D eigenvalue weighted by molar-refractivity contribution is 5.50. The van der Waals surface area contributed by atoms with Gasteiger partial charge in [0.1, 0.15) is 5.82 Å². The van der Waals surface area contributed by atoms with Crippen molar-refractivity contribution >= 4 is 5.82 Å². The first-order valence-corrected chi connectivity index (χ1v) is 6.23. The van der Waals surface area contributed by atoms with Crippen LogP contribution >= 0.6 is 0 Å². The predicted molar refractivity (Wildman–Crippen MR) is 73.2 cm³/mol. The monoisotopic (exact) mass is 239 g/mol. The van der Waals surface area contributed by atoms with Gasteiger partial charge in [0.2, 0.25) is 0 Å². The maximum absolute atomic E-state index is 6.40. The van der Waals surface area contributed by atoms with Gasteiger partial charge in [0.05, 0.1) is 0 Å². The summed E-state index contributed by atoms with van der Waals surface area (Å²) in [5, 5.41) is 0. The Bertz CT molecular complexity index is 572. The van der Waals surface area contributed by atoms with Gasteiger partial charge in [0.25, 0.3) is 0 Å². The average Bonchev–Trinajstić information content (AvgIpc) is 2.30. The lowest BCUT2D eigenvalue weighted by Crippen LogP contribution is -2.30. The molecule has 1 aromatic carbocycles. The van der Waals surface area contributed by atoms with E-state index in [0.29, 0.717) is 11.7 Å². The molecule has 0 amide bonds. The number of nitrogen functional groups attached to an aromatic ring is 1. The lowest BCUT2D eigenvalue weighted by Gasteiger charge is -2.35. The van der Waals surface area contributed by atoms with Crippen LogP contribution in [0.2, 0.25) is 0 Å². The molecule has 0 fully saturated rings. The van der Waals surface area contributed by atoms with E-state index in [9.17, 15) is 0 Å². The molecular weight excluding hydrogens is 222 g/mol. The second kappa shape index (κ2) is 4.10. The van der Waals surface area contributed by atoms with Crippen LogP contribution in [0.25, 0.3) is 0 Å². The first-order chi connectivity index (χ1) is 8.68. The number of nitrogens with two attached hydrogens (primary N) is 2. The van der Waals surface area contributed by atoms with Gasteiger partial charge in [-0.15, -0.1) is 0 Å². The van der Waals surface area contributed by atoms with Gasteiger partial charge in [0, 0.05) is 23.7 Å². The van der Waals surface area contributed by atoms with E-state index in [4.69, 9.17) is 11.5 Å². The van der Waals surface area contributed by atoms with E-state index in [1.54, 1.807) is 6.20 Å². The minimum Gasteiger partial charge on any atom is -0.383 e. The highest BCUT2D eigenvalue weighted by Crippen LogP contribution is 2.43. The number of aryl methyl sites for hydroxylation is 1. The molecule has 0 spiro atoms. The van der Waals surface area contributed by atoms with Crippen LogP contribution in [0.1, 0.15) is 34.2 Å². The quantitative estimate of drug-likeness (QED) is 0.845. The maximum Gasteiger partial charge on any atom is 0.128 e. The summed E-state index contributed by atoms with van der Waals surface area (Å²) in [6.07, 6.45) is 2.76. The van der Waals surface area contributed by atoms with Crippen molar-refractivity contribution in [3.63, 3.8) is 0 Å². The van der Waals surface area contributed by atoms with Crippen molar-refractivity contribution < 1.29 is 0 Å². The third-order valence-corrected chi connectivity index (χ3v) is 3.90. The first kappa shape index (κ1) is 11.2. The Labute approximate surface area is 107 Å². The van der Waals surface area contributed by atoms with Gasteiger partial charge in [0.15, 0.2) is 0 Å². The number of nitrogens with zero attached hydrogens (tertiary/aromatic N) is 1. The Morgan fingerprint density at radius 3 is 2.78 bits per heavy atom. The predicted octanol–water partition coefficient (Wildman–Crippen LogP) is 2.31. The summed E-state index contributed by atoms with van der Waals surface area (Å²) in [5.74, 6) is 0.929. The number of pyridine rings is 1. The molecule has 3 nitrogen and oxygen atoms in total. The fraction of sp³-hybridized carbons (Fsp3) is 0.267. The van der Waals surface area contributed by atoms with E-state index in [1.807, 2.05) is 13.0 Å². The summed E-state index contributed by atoms with van der Waals surface area (Å²) in [6.45, 7) is 2.04. The minimum atomic E-state index is -0.0615. The van der Waals surface area contributed by atoms with E-state index >= 15 is 0 Å². The van der Waals surface area contributed by atoms with Gasteiger partial charge in [-0.05, 0) is 36.1 Å². The Balaban J connectivity index is 1.96. The number of hydrogen-bond acceptors (Lipinski definition) is 3. The molecule has 92 valence electrons. The number of anilines is 1. The van der Waals surface area contributed by atoms with Crippen molar-refractivity contribution in [3.05, 3.63) is 58.8 Å².